The average Bonchev–Trinajstić information content (AvgIpc) is 3.16. The van der Waals surface area contributed by atoms with E-state index in [9.17, 15) is 19.5 Å². The maximum absolute atomic E-state index is 12.4. The molecule has 0 bridgehead atoms. The van der Waals surface area contributed by atoms with Crippen LogP contribution in [-0.2, 0) is 9.53 Å². The number of rotatable bonds is 7. The highest BCUT2D eigenvalue weighted by Gasteiger charge is 2.28. The van der Waals surface area contributed by atoms with E-state index in [4.69, 9.17) is 16.3 Å². The third kappa shape index (κ3) is 5.20. The van der Waals surface area contributed by atoms with Crippen LogP contribution < -0.4 is 10.6 Å². The van der Waals surface area contributed by atoms with E-state index in [1.807, 2.05) is 36.4 Å². The first-order valence-electron chi connectivity index (χ1n) is 11.0. The van der Waals surface area contributed by atoms with Crippen molar-refractivity contribution < 1.29 is 24.2 Å². The van der Waals surface area contributed by atoms with Crippen molar-refractivity contribution in [3.8, 4) is 11.1 Å². The van der Waals surface area contributed by atoms with Crippen molar-refractivity contribution in [2.75, 3.05) is 18.5 Å². The van der Waals surface area contributed by atoms with E-state index in [1.54, 1.807) is 13.0 Å². The Morgan fingerprint density at radius 1 is 0.971 bits per heavy atom. The summed E-state index contributed by atoms with van der Waals surface area (Å²) >= 11 is 5.93. The van der Waals surface area contributed by atoms with E-state index >= 15 is 0 Å². The van der Waals surface area contributed by atoms with Crippen LogP contribution >= 0.6 is 11.6 Å². The fourth-order valence-electron chi connectivity index (χ4n) is 4.10. The molecule has 0 aromatic heterocycles. The molecule has 0 atom stereocenters. The molecule has 0 saturated carbocycles. The summed E-state index contributed by atoms with van der Waals surface area (Å²) in [7, 11) is 0. The molecule has 0 aliphatic heterocycles. The lowest BCUT2D eigenvalue weighted by Gasteiger charge is -2.14. The second-order valence-electron chi connectivity index (χ2n) is 8.02. The fraction of sp³-hybridized carbons (Fsp3) is 0.148. The van der Waals surface area contributed by atoms with Crippen molar-refractivity contribution in [2.45, 2.75) is 12.8 Å². The first-order valence-corrected chi connectivity index (χ1v) is 11.3. The van der Waals surface area contributed by atoms with Crippen LogP contribution in [-0.4, -0.2) is 36.2 Å². The Bertz CT molecular complexity index is 1290. The van der Waals surface area contributed by atoms with Gasteiger partial charge in [-0.2, -0.15) is 0 Å². The summed E-state index contributed by atoms with van der Waals surface area (Å²) in [6, 6.07) is 20.6. The zero-order valence-corrected chi connectivity index (χ0v) is 19.6. The van der Waals surface area contributed by atoms with Crippen molar-refractivity contribution in [1.29, 1.82) is 0 Å². The second kappa shape index (κ2) is 10.4. The molecule has 2 amide bonds. The van der Waals surface area contributed by atoms with Crippen LogP contribution in [0.15, 0.2) is 78.4 Å². The standard InChI is InChI=1S/C27H23ClN2O5/c1-16(25(31)30-23-12-6-11-22(28)24(23)26(32)33)13-14-29-27(34)35-15-21-19-9-4-2-7-17(19)18-8-3-5-10-20(18)21/h2-13,21H,14-15H2,1H3,(H,29,34)(H,30,31)(H,32,33)/b16-13+. The molecule has 3 N–H and O–H groups in total. The minimum absolute atomic E-state index is 0.0221. The molecule has 0 fully saturated rings. The smallest absolute Gasteiger partial charge is 0.407 e. The number of carboxylic acid groups (broad SMARTS) is 1. The topological polar surface area (TPSA) is 105 Å². The van der Waals surface area contributed by atoms with Gasteiger partial charge < -0.3 is 20.5 Å². The molecule has 3 aromatic rings. The van der Waals surface area contributed by atoms with Gasteiger partial charge in [0, 0.05) is 18.0 Å². The number of halogens is 1. The zero-order valence-electron chi connectivity index (χ0n) is 18.9. The van der Waals surface area contributed by atoms with Gasteiger partial charge in [-0.3, -0.25) is 4.79 Å². The van der Waals surface area contributed by atoms with E-state index in [-0.39, 0.29) is 35.3 Å². The molecule has 8 heteroatoms. The van der Waals surface area contributed by atoms with Gasteiger partial charge in [0.2, 0.25) is 0 Å². The van der Waals surface area contributed by atoms with Crippen LogP contribution in [0.3, 0.4) is 0 Å². The number of carbonyl (C=O) groups excluding carboxylic acids is 2. The molecule has 0 spiro atoms. The van der Waals surface area contributed by atoms with Gasteiger partial charge in [-0.15, -0.1) is 0 Å². The van der Waals surface area contributed by atoms with Crippen LogP contribution in [0, 0.1) is 0 Å². The number of benzene rings is 3. The second-order valence-corrected chi connectivity index (χ2v) is 8.42. The predicted molar refractivity (Wildman–Crippen MR) is 134 cm³/mol. The predicted octanol–water partition coefficient (Wildman–Crippen LogP) is 5.46. The molecule has 35 heavy (non-hydrogen) atoms. The molecular weight excluding hydrogens is 468 g/mol. The number of anilines is 1. The van der Waals surface area contributed by atoms with Gasteiger partial charge in [0.1, 0.15) is 12.2 Å². The Morgan fingerprint density at radius 3 is 2.23 bits per heavy atom. The number of ether oxygens (including phenoxy) is 1. The first kappa shape index (κ1) is 24.0. The first-order chi connectivity index (χ1) is 16.9. The highest BCUT2D eigenvalue weighted by Crippen LogP contribution is 2.44. The monoisotopic (exact) mass is 490 g/mol. The van der Waals surface area contributed by atoms with Gasteiger partial charge in [-0.25, -0.2) is 9.59 Å². The Morgan fingerprint density at radius 2 is 1.60 bits per heavy atom. The lowest BCUT2D eigenvalue weighted by atomic mass is 9.98. The molecule has 1 aliphatic carbocycles. The molecule has 0 radical (unpaired) electrons. The van der Waals surface area contributed by atoms with Gasteiger partial charge in [0.25, 0.3) is 5.91 Å². The Labute approximate surface area is 207 Å². The van der Waals surface area contributed by atoms with Gasteiger partial charge in [-0.1, -0.05) is 72.3 Å². The van der Waals surface area contributed by atoms with E-state index < -0.39 is 18.0 Å². The van der Waals surface area contributed by atoms with Crippen molar-refractivity contribution >= 4 is 35.3 Å². The van der Waals surface area contributed by atoms with Gasteiger partial charge in [-0.05, 0) is 41.3 Å². The molecule has 0 saturated heterocycles. The van der Waals surface area contributed by atoms with Crippen LogP contribution in [0.25, 0.3) is 11.1 Å². The molecule has 178 valence electrons. The summed E-state index contributed by atoms with van der Waals surface area (Å²) in [4.78, 5) is 36.2. The number of hydrogen-bond donors (Lipinski definition) is 3. The molecule has 7 nitrogen and oxygen atoms in total. The summed E-state index contributed by atoms with van der Waals surface area (Å²) in [5, 5.41) is 14.5. The number of alkyl carbamates (subject to hydrolysis) is 1. The largest absolute Gasteiger partial charge is 0.478 e. The van der Waals surface area contributed by atoms with Gasteiger partial charge in [0.15, 0.2) is 0 Å². The molecule has 0 heterocycles. The molecule has 4 rings (SSSR count). The Kier molecular flexibility index (Phi) is 7.17. The van der Waals surface area contributed by atoms with E-state index in [0.717, 1.165) is 22.3 Å². The van der Waals surface area contributed by atoms with Crippen molar-refractivity contribution in [1.82, 2.24) is 5.32 Å². The van der Waals surface area contributed by atoms with Crippen LogP contribution in [0.1, 0.15) is 34.3 Å². The molecule has 0 unspecified atom stereocenters. The van der Waals surface area contributed by atoms with Gasteiger partial charge in [0.05, 0.1) is 10.7 Å². The number of nitrogens with one attached hydrogen (secondary N) is 2. The summed E-state index contributed by atoms with van der Waals surface area (Å²) in [5.41, 5.74) is 4.73. The number of fused-ring (bicyclic) bond motifs is 3. The molecule has 1 aliphatic rings. The maximum atomic E-state index is 12.4. The minimum Gasteiger partial charge on any atom is -0.478 e. The zero-order chi connectivity index (χ0) is 24.9. The maximum Gasteiger partial charge on any atom is 0.407 e. The third-order valence-electron chi connectivity index (χ3n) is 5.83. The normalized spacial score (nSPS) is 12.5. The van der Waals surface area contributed by atoms with Gasteiger partial charge >= 0.3 is 12.1 Å². The number of amides is 2. The lowest BCUT2D eigenvalue weighted by Crippen LogP contribution is -2.27. The Hall–Kier alpha value is -4.10. The highest BCUT2D eigenvalue weighted by molar-refractivity contribution is 6.34. The van der Waals surface area contributed by atoms with Crippen molar-refractivity contribution in [3.63, 3.8) is 0 Å². The third-order valence-corrected chi connectivity index (χ3v) is 6.15. The number of carboxylic acids is 1. The number of aromatic carboxylic acids is 1. The summed E-state index contributed by atoms with van der Waals surface area (Å²) in [5.74, 6) is -1.80. The summed E-state index contributed by atoms with van der Waals surface area (Å²) < 4.78 is 5.47. The van der Waals surface area contributed by atoms with Crippen LogP contribution in [0.2, 0.25) is 5.02 Å². The highest BCUT2D eigenvalue weighted by atomic mass is 35.5. The number of carbonyl (C=O) groups is 3. The van der Waals surface area contributed by atoms with Crippen molar-refractivity contribution in [2.24, 2.45) is 0 Å². The van der Waals surface area contributed by atoms with E-state index in [2.05, 4.69) is 22.8 Å². The average molecular weight is 491 g/mol. The fourth-order valence-corrected chi connectivity index (χ4v) is 4.35. The SMILES string of the molecule is C/C(=C\CNC(=O)OCC1c2ccccc2-c2ccccc21)C(=O)Nc1cccc(Cl)c1C(=O)O. The minimum atomic E-state index is -1.25. The molecular formula is C27H23ClN2O5. The quantitative estimate of drug-likeness (QED) is 0.381. The van der Waals surface area contributed by atoms with Crippen LogP contribution in [0.5, 0.6) is 0 Å². The molecule has 3 aromatic carbocycles. The number of hydrogen-bond acceptors (Lipinski definition) is 4. The lowest BCUT2D eigenvalue weighted by molar-refractivity contribution is -0.112. The van der Waals surface area contributed by atoms with Crippen molar-refractivity contribution in [3.05, 3.63) is 100 Å². The summed E-state index contributed by atoms with van der Waals surface area (Å²) in [6.45, 7) is 1.81. The summed E-state index contributed by atoms with van der Waals surface area (Å²) in [6.07, 6.45) is 0.918. The van der Waals surface area contributed by atoms with Crippen LogP contribution in [0.4, 0.5) is 10.5 Å². The van der Waals surface area contributed by atoms with E-state index in [1.165, 1.54) is 18.2 Å². The Balaban J connectivity index is 1.32. The van der Waals surface area contributed by atoms with E-state index in [0.29, 0.717) is 5.57 Å².